The Labute approximate surface area is 114 Å². The van der Waals surface area contributed by atoms with Crippen molar-refractivity contribution in [1.82, 2.24) is 15.1 Å². The minimum absolute atomic E-state index is 0.387. The second kappa shape index (κ2) is 6.38. The summed E-state index contributed by atoms with van der Waals surface area (Å²) in [6, 6.07) is 10.5. The summed E-state index contributed by atoms with van der Waals surface area (Å²) in [5, 5.41) is 7.76. The Balaban J connectivity index is 1.95. The molecule has 0 aliphatic rings. The largest absolute Gasteiger partial charge is 0.496 e. The van der Waals surface area contributed by atoms with Crippen LogP contribution in [0.2, 0.25) is 0 Å². The van der Waals surface area contributed by atoms with E-state index in [2.05, 4.69) is 36.4 Å². The molecule has 0 bridgehead atoms. The molecule has 4 heteroatoms. The second-order valence-corrected chi connectivity index (χ2v) is 4.78. The first-order valence-electron chi connectivity index (χ1n) is 6.57. The molecule has 0 saturated carbocycles. The fraction of sp³-hybridized carbons (Fsp3) is 0.400. The third-order valence-corrected chi connectivity index (χ3v) is 3.06. The van der Waals surface area contributed by atoms with Gasteiger partial charge >= 0.3 is 0 Å². The average molecular weight is 259 g/mol. The van der Waals surface area contributed by atoms with Gasteiger partial charge in [-0.2, -0.15) is 5.10 Å². The number of rotatable bonds is 6. The Morgan fingerprint density at radius 1 is 1.21 bits per heavy atom. The molecular weight excluding hydrogens is 238 g/mol. The van der Waals surface area contributed by atoms with Gasteiger partial charge in [0.25, 0.3) is 0 Å². The highest BCUT2D eigenvalue weighted by Gasteiger charge is 2.06. The van der Waals surface area contributed by atoms with Crippen molar-refractivity contribution >= 4 is 0 Å². The fourth-order valence-corrected chi connectivity index (χ4v) is 2.12. The maximum Gasteiger partial charge on any atom is 0.123 e. The molecule has 1 aromatic carbocycles. The van der Waals surface area contributed by atoms with Crippen molar-refractivity contribution in [2.24, 2.45) is 0 Å². The van der Waals surface area contributed by atoms with Gasteiger partial charge in [0.15, 0.2) is 0 Å². The van der Waals surface area contributed by atoms with E-state index in [-0.39, 0.29) is 0 Å². The molecular formula is C15H21N3O. The van der Waals surface area contributed by atoms with E-state index in [1.807, 2.05) is 29.1 Å². The minimum Gasteiger partial charge on any atom is -0.496 e. The molecule has 102 valence electrons. The molecule has 2 aromatic rings. The number of nitrogens with one attached hydrogen (secondary N) is 1. The lowest BCUT2D eigenvalue weighted by Crippen LogP contribution is -2.17. The molecule has 0 aliphatic carbocycles. The molecule has 0 atom stereocenters. The Morgan fingerprint density at radius 2 is 2.00 bits per heavy atom. The van der Waals surface area contributed by atoms with E-state index in [1.165, 1.54) is 11.3 Å². The molecule has 2 rings (SSSR count). The predicted molar refractivity (Wildman–Crippen MR) is 76.1 cm³/mol. The van der Waals surface area contributed by atoms with Crippen LogP contribution in [-0.2, 0) is 13.1 Å². The smallest absolute Gasteiger partial charge is 0.123 e. The molecule has 0 unspecified atom stereocenters. The van der Waals surface area contributed by atoms with Crippen LogP contribution in [0.25, 0.3) is 0 Å². The van der Waals surface area contributed by atoms with Gasteiger partial charge in [-0.05, 0) is 26.0 Å². The maximum absolute atomic E-state index is 5.34. The highest BCUT2D eigenvalue weighted by Crippen LogP contribution is 2.17. The van der Waals surface area contributed by atoms with E-state index in [9.17, 15) is 0 Å². The van der Waals surface area contributed by atoms with Gasteiger partial charge in [-0.3, -0.25) is 4.68 Å². The van der Waals surface area contributed by atoms with Crippen molar-refractivity contribution in [2.75, 3.05) is 7.11 Å². The van der Waals surface area contributed by atoms with Gasteiger partial charge in [-0.25, -0.2) is 0 Å². The van der Waals surface area contributed by atoms with Crippen molar-refractivity contribution in [3.05, 3.63) is 47.8 Å². The first-order valence-corrected chi connectivity index (χ1v) is 6.57. The molecule has 0 spiro atoms. The van der Waals surface area contributed by atoms with E-state index in [1.54, 1.807) is 7.11 Å². The first-order chi connectivity index (χ1) is 9.22. The van der Waals surface area contributed by atoms with Gasteiger partial charge in [0.2, 0.25) is 0 Å². The summed E-state index contributed by atoms with van der Waals surface area (Å²) in [5.74, 6) is 0.923. The summed E-state index contributed by atoms with van der Waals surface area (Å²) in [6.07, 6.45) is 1.85. The Morgan fingerprint density at radius 3 is 2.74 bits per heavy atom. The Bertz CT molecular complexity index is 520. The average Bonchev–Trinajstić information content (AvgIpc) is 2.88. The number of aromatic nitrogens is 2. The highest BCUT2D eigenvalue weighted by molar-refractivity contribution is 5.32. The minimum atomic E-state index is 0.387. The van der Waals surface area contributed by atoms with Gasteiger partial charge in [0, 0.05) is 30.9 Å². The number of ether oxygens (including phenoxy) is 1. The lowest BCUT2D eigenvalue weighted by molar-refractivity contribution is 0.407. The molecule has 19 heavy (non-hydrogen) atoms. The summed E-state index contributed by atoms with van der Waals surface area (Å²) in [6.45, 7) is 5.86. The lowest BCUT2D eigenvalue weighted by atomic mass is 10.2. The number of nitrogens with zero attached hydrogens (tertiary/aromatic N) is 2. The van der Waals surface area contributed by atoms with E-state index in [0.717, 1.165) is 18.8 Å². The molecule has 0 amide bonds. The van der Waals surface area contributed by atoms with Crippen LogP contribution in [0, 0.1) is 0 Å². The van der Waals surface area contributed by atoms with Crippen LogP contribution in [-0.4, -0.2) is 16.9 Å². The molecule has 0 radical (unpaired) electrons. The van der Waals surface area contributed by atoms with Crippen LogP contribution < -0.4 is 10.1 Å². The summed E-state index contributed by atoms with van der Waals surface area (Å²) < 4.78 is 7.37. The highest BCUT2D eigenvalue weighted by atomic mass is 16.5. The number of benzene rings is 1. The normalized spacial score (nSPS) is 10.9. The van der Waals surface area contributed by atoms with E-state index in [4.69, 9.17) is 4.74 Å². The third kappa shape index (κ3) is 3.35. The SMILES string of the molecule is COc1ccccc1CNCc1ccnn1C(C)C. The van der Waals surface area contributed by atoms with Crippen molar-refractivity contribution in [2.45, 2.75) is 33.0 Å². The van der Waals surface area contributed by atoms with Gasteiger partial charge < -0.3 is 10.1 Å². The molecule has 0 saturated heterocycles. The number of hydrogen-bond donors (Lipinski definition) is 1. The van der Waals surface area contributed by atoms with Crippen molar-refractivity contribution in [1.29, 1.82) is 0 Å². The number of methoxy groups -OCH3 is 1. The topological polar surface area (TPSA) is 39.1 Å². The number of para-hydroxylation sites is 1. The van der Waals surface area contributed by atoms with Crippen LogP contribution in [0.3, 0.4) is 0 Å². The summed E-state index contributed by atoms with van der Waals surface area (Å²) in [7, 11) is 1.70. The quantitative estimate of drug-likeness (QED) is 0.867. The van der Waals surface area contributed by atoms with E-state index >= 15 is 0 Å². The van der Waals surface area contributed by atoms with Crippen LogP contribution in [0.5, 0.6) is 5.75 Å². The first kappa shape index (κ1) is 13.6. The monoisotopic (exact) mass is 259 g/mol. The van der Waals surface area contributed by atoms with Crippen molar-refractivity contribution in [3.8, 4) is 5.75 Å². The zero-order chi connectivity index (χ0) is 13.7. The molecule has 1 aromatic heterocycles. The summed E-state index contributed by atoms with van der Waals surface area (Å²) >= 11 is 0. The zero-order valence-corrected chi connectivity index (χ0v) is 11.8. The van der Waals surface area contributed by atoms with Crippen molar-refractivity contribution < 1.29 is 4.74 Å². The third-order valence-electron chi connectivity index (χ3n) is 3.06. The van der Waals surface area contributed by atoms with E-state index in [0.29, 0.717) is 6.04 Å². The molecule has 4 nitrogen and oxygen atoms in total. The number of hydrogen-bond acceptors (Lipinski definition) is 3. The predicted octanol–water partition coefficient (Wildman–Crippen LogP) is 2.76. The second-order valence-electron chi connectivity index (χ2n) is 4.78. The Kier molecular flexibility index (Phi) is 4.58. The van der Waals surface area contributed by atoms with Crippen molar-refractivity contribution in [3.63, 3.8) is 0 Å². The molecule has 0 aliphatic heterocycles. The maximum atomic E-state index is 5.34. The molecule has 0 fully saturated rings. The van der Waals surface area contributed by atoms with Crippen LogP contribution in [0.15, 0.2) is 36.5 Å². The molecule has 1 heterocycles. The summed E-state index contributed by atoms with van der Waals surface area (Å²) in [5.41, 5.74) is 2.37. The standard InChI is InChI=1S/C15H21N3O/c1-12(2)18-14(8-9-17-18)11-16-10-13-6-4-5-7-15(13)19-3/h4-9,12,16H,10-11H2,1-3H3. The van der Waals surface area contributed by atoms with Gasteiger partial charge in [-0.1, -0.05) is 18.2 Å². The van der Waals surface area contributed by atoms with Gasteiger partial charge in [-0.15, -0.1) is 0 Å². The van der Waals surface area contributed by atoms with E-state index < -0.39 is 0 Å². The summed E-state index contributed by atoms with van der Waals surface area (Å²) in [4.78, 5) is 0. The van der Waals surface area contributed by atoms with Gasteiger partial charge in [0.1, 0.15) is 5.75 Å². The fourth-order valence-electron chi connectivity index (χ4n) is 2.12. The Hall–Kier alpha value is -1.81. The van der Waals surface area contributed by atoms with Crippen LogP contribution in [0.1, 0.15) is 31.1 Å². The lowest BCUT2D eigenvalue weighted by Gasteiger charge is -2.12. The van der Waals surface area contributed by atoms with Crippen LogP contribution >= 0.6 is 0 Å². The van der Waals surface area contributed by atoms with Gasteiger partial charge in [0.05, 0.1) is 12.8 Å². The zero-order valence-electron chi connectivity index (χ0n) is 11.8. The van der Waals surface area contributed by atoms with Crippen LogP contribution in [0.4, 0.5) is 0 Å². The molecule has 1 N–H and O–H groups in total.